The molecule has 1 aliphatic rings. The topological polar surface area (TPSA) is 41.1 Å². The van der Waals surface area contributed by atoms with Gasteiger partial charge >= 0.3 is 0 Å². The maximum absolute atomic E-state index is 12.2. The number of benzene rings is 2. The lowest BCUT2D eigenvalue weighted by Crippen LogP contribution is -2.23. The lowest BCUT2D eigenvalue weighted by Gasteiger charge is -2.08. The maximum atomic E-state index is 12.2. The molecule has 0 bridgehead atoms. The summed E-state index contributed by atoms with van der Waals surface area (Å²) in [5, 5.41) is 6.79. The highest BCUT2D eigenvalue weighted by Crippen LogP contribution is 2.21. The van der Waals surface area contributed by atoms with Crippen LogP contribution in [0.3, 0.4) is 0 Å². The fourth-order valence-electron chi connectivity index (χ4n) is 2.41. The maximum Gasteiger partial charge on any atom is 0.252 e. The Morgan fingerprint density at radius 3 is 2.86 bits per heavy atom. The first kappa shape index (κ1) is 14.6. The van der Waals surface area contributed by atoms with Crippen molar-refractivity contribution in [2.24, 2.45) is 0 Å². The SMILES string of the molecule is O=C(NCc1ccc2c(c1)CNC2)c1cc(Cl)ccc1Br. The van der Waals surface area contributed by atoms with Crippen molar-refractivity contribution >= 4 is 33.4 Å². The Hall–Kier alpha value is -1.36. The minimum atomic E-state index is -0.136. The number of carbonyl (C=O) groups is 1. The van der Waals surface area contributed by atoms with Crippen LogP contribution in [0, 0.1) is 0 Å². The Kier molecular flexibility index (Phi) is 4.29. The van der Waals surface area contributed by atoms with E-state index in [-0.39, 0.29) is 5.91 Å². The summed E-state index contributed by atoms with van der Waals surface area (Å²) in [5.74, 6) is -0.136. The van der Waals surface area contributed by atoms with Gasteiger partial charge < -0.3 is 10.6 Å². The van der Waals surface area contributed by atoms with Gasteiger partial charge in [0.05, 0.1) is 5.56 Å². The molecule has 2 aromatic carbocycles. The molecule has 21 heavy (non-hydrogen) atoms. The van der Waals surface area contributed by atoms with Gasteiger partial charge in [0.2, 0.25) is 0 Å². The van der Waals surface area contributed by atoms with Gasteiger partial charge in [-0.1, -0.05) is 29.8 Å². The Balaban J connectivity index is 1.70. The monoisotopic (exact) mass is 364 g/mol. The third-order valence-electron chi connectivity index (χ3n) is 3.53. The molecule has 0 radical (unpaired) electrons. The molecule has 0 aromatic heterocycles. The van der Waals surface area contributed by atoms with Crippen molar-refractivity contribution in [3.05, 3.63) is 68.1 Å². The van der Waals surface area contributed by atoms with E-state index in [4.69, 9.17) is 11.6 Å². The molecule has 2 aromatic rings. The smallest absolute Gasteiger partial charge is 0.252 e. The summed E-state index contributed by atoms with van der Waals surface area (Å²) in [7, 11) is 0. The first-order valence-electron chi connectivity index (χ1n) is 6.68. The largest absolute Gasteiger partial charge is 0.348 e. The van der Waals surface area contributed by atoms with E-state index in [1.54, 1.807) is 18.2 Å². The highest BCUT2D eigenvalue weighted by atomic mass is 79.9. The number of nitrogens with one attached hydrogen (secondary N) is 2. The van der Waals surface area contributed by atoms with Crippen molar-refractivity contribution in [3.63, 3.8) is 0 Å². The lowest BCUT2D eigenvalue weighted by atomic mass is 10.1. The van der Waals surface area contributed by atoms with E-state index in [9.17, 15) is 4.79 Å². The van der Waals surface area contributed by atoms with E-state index in [1.807, 2.05) is 0 Å². The zero-order chi connectivity index (χ0) is 14.8. The second-order valence-corrected chi connectivity index (χ2v) is 6.30. The van der Waals surface area contributed by atoms with Crippen LogP contribution in [0.4, 0.5) is 0 Å². The summed E-state index contributed by atoms with van der Waals surface area (Å²) in [6.45, 7) is 2.33. The van der Waals surface area contributed by atoms with Crippen LogP contribution in [0.25, 0.3) is 0 Å². The van der Waals surface area contributed by atoms with E-state index in [2.05, 4.69) is 44.8 Å². The second-order valence-electron chi connectivity index (χ2n) is 5.01. The molecule has 3 nitrogen and oxygen atoms in total. The van der Waals surface area contributed by atoms with Crippen LogP contribution < -0.4 is 10.6 Å². The number of carbonyl (C=O) groups excluding carboxylic acids is 1. The molecule has 0 spiro atoms. The van der Waals surface area contributed by atoms with E-state index in [0.29, 0.717) is 17.1 Å². The Morgan fingerprint density at radius 2 is 2.00 bits per heavy atom. The summed E-state index contributed by atoms with van der Waals surface area (Å²) in [4.78, 5) is 12.2. The first-order chi connectivity index (χ1) is 10.1. The summed E-state index contributed by atoms with van der Waals surface area (Å²) in [6.07, 6.45) is 0. The molecule has 3 rings (SSSR count). The number of halogens is 2. The highest BCUT2D eigenvalue weighted by Gasteiger charge is 2.12. The number of hydrogen-bond donors (Lipinski definition) is 2. The van der Waals surface area contributed by atoms with Gasteiger partial charge in [0, 0.05) is 29.1 Å². The predicted octanol–water partition coefficient (Wildman–Crippen LogP) is 3.64. The zero-order valence-corrected chi connectivity index (χ0v) is 13.6. The fourth-order valence-corrected chi connectivity index (χ4v) is 3.01. The molecule has 5 heteroatoms. The molecule has 1 heterocycles. The number of rotatable bonds is 3. The van der Waals surface area contributed by atoms with Gasteiger partial charge in [-0.15, -0.1) is 0 Å². The van der Waals surface area contributed by atoms with Crippen molar-refractivity contribution in [3.8, 4) is 0 Å². The van der Waals surface area contributed by atoms with E-state index >= 15 is 0 Å². The van der Waals surface area contributed by atoms with Crippen LogP contribution in [-0.2, 0) is 19.6 Å². The predicted molar refractivity (Wildman–Crippen MR) is 87.3 cm³/mol. The molecule has 1 aliphatic heterocycles. The Labute approximate surface area is 136 Å². The summed E-state index contributed by atoms with van der Waals surface area (Å²) >= 11 is 9.30. The standard InChI is InChI=1S/C16H14BrClN2O/c17-15-4-3-13(18)6-14(15)16(21)20-7-10-1-2-11-8-19-9-12(11)5-10/h1-6,19H,7-9H2,(H,20,21). The summed E-state index contributed by atoms with van der Waals surface area (Å²) in [6, 6.07) is 11.5. The number of fused-ring (bicyclic) bond motifs is 1. The fraction of sp³-hybridized carbons (Fsp3) is 0.188. The third-order valence-corrected chi connectivity index (χ3v) is 4.45. The van der Waals surface area contributed by atoms with Crippen molar-refractivity contribution < 1.29 is 4.79 Å². The summed E-state index contributed by atoms with van der Waals surface area (Å²) < 4.78 is 0.738. The molecule has 0 atom stereocenters. The average molecular weight is 366 g/mol. The van der Waals surface area contributed by atoms with Gasteiger partial charge in [-0.05, 0) is 50.8 Å². The quantitative estimate of drug-likeness (QED) is 0.872. The molecular weight excluding hydrogens is 352 g/mol. The molecule has 0 fully saturated rings. The third kappa shape index (κ3) is 3.28. The van der Waals surface area contributed by atoms with Crippen molar-refractivity contribution in [2.75, 3.05) is 0 Å². The molecule has 108 valence electrons. The van der Waals surface area contributed by atoms with Gasteiger partial charge in [-0.2, -0.15) is 0 Å². The van der Waals surface area contributed by atoms with Crippen LogP contribution in [-0.4, -0.2) is 5.91 Å². The Bertz CT molecular complexity index is 703. The van der Waals surface area contributed by atoms with E-state index in [0.717, 1.165) is 23.1 Å². The van der Waals surface area contributed by atoms with Gasteiger partial charge in [-0.3, -0.25) is 4.79 Å². The zero-order valence-electron chi connectivity index (χ0n) is 11.2. The first-order valence-corrected chi connectivity index (χ1v) is 7.85. The highest BCUT2D eigenvalue weighted by molar-refractivity contribution is 9.10. The van der Waals surface area contributed by atoms with Crippen LogP contribution in [0.15, 0.2) is 40.9 Å². The van der Waals surface area contributed by atoms with E-state index < -0.39 is 0 Å². The van der Waals surface area contributed by atoms with Crippen molar-refractivity contribution in [1.29, 1.82) is 0 Å². The Morgan fingerprint density at radius 1 is 1.19 bits per heavy atom. The van der Waals surface area contributed by atoms with Crippen molar-refractivity contribution in [2.45, 2.75) is 19.6 Å². The molecule has 1 amide bonds. The normalized spacial score (nSPS) is 13.0. The van der Waals surface area contributed by atoms with Crippen LogP contribution in [0.2, 0.25) is 5.02 Å². The molecule has 0 saturated carbocycles. The molecular formula is C16H14BrClN2O. The van der Waals surface area contributed by atoms with Gasteiger partial charge in [0.15, 0.2) is 0 Å². The summed E-state index contributed by atoms with van der Waals surface area (Å²) in [5.41, 5.74) is 4.29. The molecule has 2 N–H and O–H groups in total. The van der Waals surface area contributed by atoms with E-state index in [1.165, 1.54) is 11.1 Å². The minimum Gasteiger partial charge on any atom is -0.348 e. The van der Waals surface area contributed by atoms with Crippen LogP contribution >= 0.6 is 27.5 Å². The molecule has 0 saturated heterocycles. The average Bonchev–Trinajstić information content (AvgIpc) is 2.94. The second kappa shape index (κ2) is 6.18. The lowest BCUT2D eigenvalue weighted by molar-refractivity contribution is 0.0950. The van der Waals surface area contributed by atoms with Crippen molar-refractivity contribution in [1.82, 2.24) is 10.6 Å². The molecule has 0 unspecified atom stereocenters. The van der Waals surface area contributed by atoms with Crippen LogP contribution in [0.1, 0.15) is 27.0 Å². The molecule has 0 aliphatic carbocycles. The minimum absolute atomic E-state index is 0.136. The van der Waals surface area contributed by atoms with Crippen LogP contribution in [0.5, 0.6) is 0 Å². The number of hydrogen-bond acceptors (Lipinski definition) is 2. The van der Waals surface area contributed by atoms with Gasteiger partial charge in [0.1, 0.15) is 0 Å². The van der Waals surface area contributed by atoms with Gasteiger partial charge in [-0.25, -0.2) is 0 Å². The van der Waals surface area contributed by atoms with Gasteiger partial charge in [0.25, 0.3) is 5.91 Å². The number of amides is 1.